The molecule has 0 atom stereocenters. The van der Waals surface area contributed by atoms with Crippen molar-refractivity contribution in [3.05, 3.63) is 58.0 Å². The predicted octanol–water partition coefficient (Wildman–Crippen LogP) is 3.41. The fourth-order valence-corrected chi connectivity index (χ4v) is 4.61. The van der Waals surface area contributed by atoms with Crippen molar-refractivity contribution in [3.63, 3.8) is 0 Å². The van der Waals surface area contributed by atoms with Gasteiger partial charge in [0, 0.05) is 42.9 Å². The molecule has 0 radical (unpaired) electrons. The summed E-state index contributed by atoms with van der Waals surface area (Å²) in [5, 5.41) is 5.65. The van der Waals surface area contributed by atoms with E-state index in [0.717, 1.165) is 56.2 Å². The van der Waals surface area contributed by atoms with E-state index in [1.165, 1.54) is 0 Å². The fraction of sp³-hybridized carbons (Fsp3) is 0.300. The number of carbonyl (C=O) groups excluding carboxylic acids is 1. The molecule has 4 aromatic rings. The Balaban J connectivity index is 1.45. The quantitative estimate of drug-likeness (QED) is 0.537. The largest absolute Gasteiger partial charge is 0.334 e. The number of benzene rings is 1. The van der Waals surface area contributed by atoms with E-state index in [1.54, 1.807) is 11.3 Å². The van der Waals surface area contributed by atoms with Gasteiger partial charge >= 0.3 is 0 Å². The van der Waals surface area contributed by atoms with E-state index in [1.807, 2.05) is 46.8 Å². The summed E-state index contributed by atoms with van der Waals surface area (Å²) in [7, 11) is 0. The molecule has 1 aliphatic rings. The molecule has 0 saturated heterocycles. The van der Waals surface area contributed by atoms with Gasteiger partial charge in [-0.1, -0.05) is 6.92 Å². The van der Waals surface area contributed by atoms with Crippen LogP contribution in [0.15, 0.2) is 30.5 Å². The summed E-state index contributed by atoms with van der Waals surface area (Å²) in [5.41, 5.74) is 5.74. The zero-order valence-electron chi connectivity index (χ0n) is 15.3. The normalized spacial score (nSPS) is 14.1. The molecule has 0 saturated carbocycles. The molecule has 0 spiro atoms. The minimum Gasteiger partial charge on any atom is -0.334 e. The second-order valence-electron chi connectivity index (χ2n) is 6.91. The van der Waals surface area contributed by atoms with Crippen LogP contribution in [0.4, 0.5) is 0 Å². The van der Waals surface area contributed by atoms with Gasteiger partial charge in [-0.15, -0.1) is 11.3 Å². The Morgan fingerprint density at radius 2 is 2.19 bits per heavy atom. The summed E-state index contributed by atoms with van der Waals surface area (Å²) in [4.78, 5) is 24.0. The molecule has 1 aliphatic heterocycles. The van der Waals surface area contributed by atoms with Crippen molar-refractivity contribution in [2.24, 2.45) is 0 Å². The van der Waals surface area contributed by atoms with Crippen molar-refractivity contribution in [1.29, 1.82) is 0 Å². The van der Waals surface area contributed by atoms with Gasteiger partial charge in [0.2, 0.25) is 0 Å². The topological polar surface area (TPSA) is 63.4 Å². The number of hydrogen-bond donors (Lipinski definition) is 0. The summed E-state index contributed by atoms with van der Waals surface area (Å²) in [6, 6.07) is 7.79. The van der Waals surface area contributed by atoms with Gasteiger partial charge in [-0.05, 0) is 31.5 Å². The average Bonchev–Trinajstić information content (AvgIpc) is 3.28. The van der Waals surface area contributed by atoms with Crippen molar-refractivity contribution < 1.29 is 4.79 Å². The van der Waals surface area contributed by atoms with Gasteiger partial charge in [0.25, 0.3) is 5.91 Å². The van der Waals surface area contributed by atoms with Crippen LogP contribution in [0.3, 0.4) is 0 Å². The zero-order valence-corrected chi connectivity index (χ0v) is 16.1. The minimum atomic E-state index is 0.0609. The van der Waals surface area contributed by atoms with Crippen LogP contribution in [0.1, 0.15) is 39.2 Å². The van der Waals surface area contributed by atoms with E-state index in [4.69, 9.17) is 0 Å². The lowest BCUT2D eigenvalue weighted by Crippen LogP contribution is -2.37. The van der Waals surface area contributed by atoms with E-state index in [2.05, 4.69) is 22.0 Å². The van der Waals surface area contributed by atoms with Gasteiger partial charge in [0.05, 0.1) is 26.6 Å². The molecule has 27 heavy (non-hydrogen) atoms. The number of aryl methyl sites for hydroxylation is 2. The number of aromatic nitrogens is 4. The Bertz CT molecular complexity index is 1190. The first kappa shape index (κ1) is 16.4. The molecular formula is C20H19N5OS. The maximum absolute atomic E-state index is 13.1. The monoisotopic (exact) mass is 377 g/mol. The van der Waals surface area contributed by atoms with Crippen LogP contribution in [-0.4, -0.2) is 36.9 Å². The highest BCUT2D eigenvalue weighted by molar-refractivity contribution is 7.18. The van der Waals surface area contributed by atoms with Gasteiger partial charge < -0.3 is 4.90 Å². The maximum atomic E-state index is 13.1. The number of hydrogen-bond acceptors (Lipinski definition) is 5. The van der Waals surface area contributed by atoms with Crippen LogP contribution in [0.2, 0.25) is 0 Å². The van der Waals surface area contributed by atoms with Crippen molar-refractivity contribution in [3.8, 4) is 0 Å². The van der Waals surface area contributed by atoms with Crippen molar-refractivity contribution in [2.75, 3.05) is 6.54 Å². The summed E-state index contributed by atoms with van der Waals surface area (Å²) in [5.74, 6) is 0.0609. The van der Waals surface area contributed by atoms with Crippen LogP contribution in [0.25, 0.3) is 15.9 Å². The first-order chi connectivity index (χ1) is 13.1. The zero-order chi connectivity index (χ0) is 18.5. The van der Waals surface area contributed by atoms with E-state index in [0.29, 0.717) is 13.1 Å². The van der Waals surface area contributed by atoms with E-state index in [9.17, 15) is 4.79 Å². The molecule has 7 heteroatoms. The molecule has 136 valence electrons. The highest BCUT2D eigenvalue weighted by atomic mass is 32.1. The first-order valence-corrected chi connectivity index (χ1v) is 9.96. The van der Waals surface area contributed by atoms with Gasteiger partial charge in [-0.2, -0.15) is 5.10 Å². The minimum absolute atomic E-state index is 0.0609. The van der Waals surface area contributed by atoms with Crippen LogP contribution in [-0.2, 0) is 19.4 Å². The molecule has 6 nitrogen and oxygen atoms in total. The van der Waals surface area contributed by atoms with Crippen molar-refractivity contribution in [1.82, 2.24) is 24.5 Å². The van der Waals surface area contributed by atoms with Crippen LogP contribution >= 0.6 is 11.3 Å². The first-order valence-electron chi connectivity index (χ1n) is 9.14. The lowest BCUT2D eigenvalue weighted by Gasteiger charge is -2.28. The van der Waals surface area contributed by atoms with Gasteiger partial charge in [0.1, 0.15) is 0 Å². The Kier molecular flexibility index (Phi) is 3.72. The molecule has 1 aromatic carbocycles. The second kappa shape index (κ2) is 6.13. The molecule has 3 aromatic heterocycles. The Morgan fingerprint density at radius 3 is 3.04 bits per heavy atom. The number of nitrogens with zero attached hydrogens (tertiary/aromatic N) is 5. The van der Waals surface area contributed by atoms with E-state index < -0.39 is 0 Å². The Morgan fingerprint density at radius 1 is 1.30 bits per heavy atom. The molecular weight excluding hydrogens is 358 g/mol. The number of fused-ring (bicyclic) bond motifs is 4. The predicted molar refractivity (Wildman–Crippen MR) is 105 cm³/mol. The smallest absolute Gasteiger partial charge is 0.254 e. The van der Waals surface area contributed by atoms with Crippen LogP contribution in [0.5, 0.6) is 0 Å². The van der Waals surface area contributed by atoms with E-state index >= 15 is 0 Å². The molecule has 0 bridgehead atoms. The van der Waals surface area contributed by atoms with Crippen LogP contribution < -0.4 is 0 Å². The maximum Gasteiger partial charge on any atom is 0.254 e. The lowest BCUT2D eigenvalue weighted by atomic mass is 10.1. The molecule has 0 fully saturated rings. The number of rotatable bonds is 2. The fourth-order valence-electron chi connectivity index (χ4n) is 3.67. The van der Waals surface area contributed by atoms with Gasteiger partial charge in [0.15, 0.2) is 5.65 Å². The van der Waals surface area contributed by atoms with Crippen LogP contribution in [0, 0.1) is 6.92 Å². The number of thiazole rings is 1. The molecule has 4 heterocycles. The molecule has 1 amide bonds. The molecule has 0 unspecified atom stereocenters. The van der Waals surface area contributed by atoms with Crippen molar-refractivity contribution in [2.45, 2.75) is 33.2 Å². The third-order valence-electron chi connectivity index (χ3n) is 5.04. The Hall–Kier alpha value is -2.80. The standard InChI is InChI=1S/C20H19N5OS/c1-3-19-22-15-5-4-13(9-17(15)27-19)20(26)24-7-6-16-14(11-24)10-21-18-8-12(2)23-25(16)18/h4-5,8-10H,3,6-7,11H2,1-2H3. The number of amides is 1. The summed E-state index contributed by atoms with van der Waals surface area (Å²) in [6.45, 7) is 5.32. The number of carbonyl (C=O) groups is 1. The Labute approximate surface area is 160 Å². The lowest BCUT2D eigenvalue weighted by molar-refractivity contribution is 0.0733. The average molecular weight is 377 g/mol. The summed E-state index contributed by atoms with van der Waals surface area (Å²) in [6.07, 6.45) is 3.58. The van der Waals surface area contributed by atoms with Gasteiger partial charge in [-0.25, -0.2) is 14.5 Å². The highest BCUT2D eigenvalue weighted by Gasteiger charge is 2.24. The third kappa shape index (κ3) is 2.70. The van der Waals surface area contributed by atoms with E-state index in [-0.39, 0.29) is 5.91 Å². The van der Waals surface area contributed by atoms with Crippen molar-refractivity contribution >= 4 is 33.1 Å². The third-order valence-corrected chi connectivity index (χ3v) is 6.20. The molecule has 5 rings (SSSR count). The van der Waals surface area contributed by atoms with Gasteiger partial charge in [-0.3, -0.25) is 4.79 Å². The molecule has 0 aliphatic carbocycles. The highest BCUT2D eigenvalue weighted by Crippen LogP contribution is 2.26. The summed E-state index contributed by atoms with van der Waals surface area (Å²) >= 11 is 1.66. The molecule has 0 N–H and O–H groups in total. The SMILES string of the molecule is CCc1nc2ccc(C(=O)N3CCc4c(cnc5cc(C)nn45)C3)cc2s1. The second-order valence-corrected chi connectivity index (χ2v) is 8.02. The summed E-state index contributed by atoms with van der Waals surface area (Å²) < 4.78 is 2.99.